The van der Waals surface area contributed by atoms with E-state index in [1.54, 1.807) is 9.80 Å². The zero-order valence-electron chi connectivity index (χ0n) is 13.8. The molecule has 1 aromatic carbocycles. The Labute approximate surface area is 136 Å². The summed E-state index contributed by atoms with van der Waals surface area (Å²) in [5, 5.41) is 0. The molecular formula is C17H25F2N3O. The smallest absolute Gasteiger partial charge is 0.251 e. The van der Waals surface area contributed by atoms with Gasteiger partial charge in [-0.3, -0.25) is 14.6 Å². The number of halogens is 2. The molecule has 1 fully saturated rings. The van der Waals surface area contributed by atoms with E-state index in [0.29, 0.717) is 32.6 Å². The normalized spacial score (nSPS) is 17.7. The third-order valence-corrected chi connectivity index (χ3v) is 4.26. The number of piperazine rings is 1. The lowest BCUT2D eigenvalue weighted by Crippen LogP contribution is -2.54. The number of hydrogen-bond donors (Lipinski definition) is 0. The molecule has 0 unspecified atom stereocenters. The zero-order valence-corrected chi connectivity index (χ0v) is 13.8. The highest BCUT2D eigenvalue weighted by atomic mass is 19.3. The van der Waals surface area contributed by atoms with Crippen LogP contribution >= 0.6 is 0 Å². The third kappa shape index (κ3) is 5.25. The van der Waals surface area contributed by atoms with E-state index in [0.717, 1.165) is 5.56 Å². The summed E-state index contributed by atoms with van der Waals surface area (Å²) in [6.07, 6.45) is -1.66. The van der Waals surface area contributed by atoms with Gasteiger partial charge in [-0.1, -0.05) is 30.3 Å². The maximum atomic E-state index is 12.8. The number of alkyl halides is 2. The molecule has 1 heterocycles. The molecule has 1 saturated heterocycles. The average molecular weight is 325 g/mol. The van der Waals surface area contributed by atoms with Gasteiger partial charge in [0, 0.05) is 26.2 Å². The average Bonchev–Trinajstić information content (AvgIpc) is 2.53. The quantitative estimate of drug-likeness (QED) is 0.794. The molecule has 128 valence electrons. The molecule has 1 atom stereocenters. The van der Waals surface area contributed by atoms with Gasteiger partial charge in [0.05, 0.1) is 12.6 Å². The van der Waals surface area contributed by atoms with Crippen molar-refractivity contribution in [3.8, 4) is 0 Å². The Morgan fingerprint density at radius 3 is 2.26 bits per heavy atom. The fraction of sp³-hybridized carbons (Fsp3) is 0.588. The number of likely N-dealkylation sites (N-methyl/N-ethyl adjacent to an activating group) is 1. The van der Waals surface area contributed by atoms with E-state index in [-0.39, 0.29) is 18.5 Å². The number of benzene rings is 1. The summed E-state index contributed by atoms with van der Waals surface area (Å²) in [7, 11) is 3.80. The van der Waals surface area contributed by atoms with E-state index in [4.69, 9.17) is 0 Å². The fourth-order valence-electron chi connectivity index (χ4n) is 2.88. The minimum Gasteiger partial charge on any atom is -0.339 e. The molecule has 23 heavy (non-hydrogen) atoms. The van der Waals surface area contributed by atoms with Crippen LogP contribution in [0.3, 0.4) is 0 Å². The molecule has 1 aliphatic heterocycles. The fourth-order valence-corrected chi connectivity index (χ4v) is 2.88. The van der Waals surface area contributed by atoms with Gasteiger partial charge in [-0.15, -0.1) is 0 Å². The lowest BCUT2D eigenvalue weighted by molar-refractivity contribution is -0.138. The van der Waals surface area contributed by atoms with Crippen molar-refractivity contribution < 1.29 is 13.6 Å². The zero-order chi connectivity index (χ0) is 16.8. The van der Waals surface area contributed by atoms with Crippen LogP contribution in [0.1, 0.15) is 5.56 Å². The van der Waals surface area contributed by atoms with E-state index >= 15 is 0 Å². The number of carbonyl (C=O) groups is 1. The van der Waals surface area contributed by atoms with Gasteiger partial charge in [0.1, 0.15) is 0 Å². The van der Waals surface area contributed by atoms with Gasteiger partial charge in [0.2, 0.25) is 5.91 Å². The van der Waals surface area contributed by atoms with Crippen LogP contribution in [0.5, 0.6) is 0 Å². The number of nitrogens with zero attached hydrogens (tertiary/aromatic N) is 3. The molecule has 0 radical (unpaired) electrons. The minimum atomic E-state index is -2.31. The Hall–Kier alpha value is -1.53. The van der Waals surface area contributed by atoms with Crippen molar-refractivity contribution in [1.29, 1.82) is 0 Å². The second kappa shape index (κ2) is 8.36. The van der Waals surface area contributed by atoms with Crippen LogP contribution in [0.2, 0.25) is 0 Å². The van der Waals surface area contributed by atoms with Crippen LogP contribution in [0.4, 0.5) is 8.78 Å². The standard InChI is InChI=1S/C17H25F2N3O/c1-20(2)15(12-14-6-4-3-5-7-14)17(23)22-10-8-21(9-11-22)13-16(18)19/h3-7,15-16H,8-13H2,1-2H3/t15-/m0/s1. The van der Waals surface area contributed by atoms with E-state index in [9.17, 15) is 13.6 Å². The highest BCUT2D eigenvalue weighted by Gasteiger charge is 2.29. The predicted molar refractivity (Wildman–Crippen MR) is 86.6 cm³/mol. The molecule has 6 heteroatoms. The molecule has 0 aromatic heterocycles. The topological polar surface area (TPSA) is 26.8 Å². The van der Waals surface area contributed by atoms with Crippen LogP contribution in [-0.2, 0) is 11.2 Å². The van der Waals surface area contributed by atoms with Crippen LogP contribution < -0.4 is 0 Å². The van der Waals surface area contributed by atoms with Gasteiger partial charge in [0.15, 0.2) is 0 Å². The SMILES string of the molecule is CN(C)[C@@H](Cc1ccccc1)C(=O)N1CCN(CC(F)F)CC1. The van der Waals surface area contributed by atoms with Crippen LogP contribution in [-0.4, -0.2) is 79.9 Å². The van der Waals surface area contributed by atoms with E-state index in [2.05, 4.69) is 0 Å². The Morgan fingerprint density at radius 1 is 1.13 bits per heavy atom. The summed E-state index contributed by atoms with van der Waals surface area (Å²) in [6, 6.07) is 9.71. The Morgan fingerprint density at radius 2 is 1.74 bits per heavy atom. The largest absolute Gasteiger partial charge is 0.339 e. The summed E-state index contributed by atoms with van der Waals surface area (Å²) in [6.45, 7) is 1.86. The van der Waals surface area contributed by atoms with Crippen molar-refractivity contribution in [3.63, 3.8) is 0 Å². The molecule has 0 bridgehead atoms. The number of hydrogen-bond acceptors (Lipinski definition) is 3. The number of carbonyl (C=O) groups excluding carboxylic acids is 1. The minimum absolute atomic E-state index is 0.0792. The maximum Gasteiger partial charge on any atom is 0.251 e. The Kier molecular flexibility index (Phi) is 6.47. The highest BCUT2D eigenvalue weighted by molar-refractivity contribution is 5.82. The van der Waals surface area contributed by atoms with Crippen molar-refractivity contribution in [3.05, 3.63) is 35.9 Å². The molecule has 1 amide bonds. The van der Waals surface area contributed by atoms with E-state index in [1.165, 1.54) is 0 Å². The van der Waals surface area contributed by atoms with Crippen LogP contribution in [0, 0.1) is 0 Å². The molecule has 0 N–H and O–H groups in total. The Bertz CT molecular complexity index is 488. The summed E-state index contributed by atoms with van der Waals surface area (Å²) in [5.74, 6) is 0.0792. The first-order chi connectivity index (χ1) is 11.0. The first kappa shape index (κ1) is 17.8. The van der Waals surface area contributed by atoms with E-state index < -0.39 is 6.43 Å². The van der Waals surface area contributed by atoms with Crippen molar-refractivity contribution in [2.45, 2.75) is 18.9 Å². The molecule has 0 aliphatic carbocycles. The second-order valence-corrected chi connectivity index (χ2v) is 6.19. The van der Waals surface area contributed by atoms with Crippen molar-refractivity contribution >= 4 is 5.91 Å². The van der Waals surface area contributed by atoms with Gasteiger partial charge >= 0.3 is 0 Å². The molecule has 0 saturated carbocycles. The van der Waals surface area contributed by atoms with Gasteiger partial charge in [-0.05, 0) is 26.1 Å². The van der Waals surface area contributed by atoms with Gasteiger partial charge in [-0.25, -0.2) is 8.78 Å². The number of rotatable bonds is 6. The van der Waals surface area contributed by atoms with Gasteiger partial charge in [-0.2, -0.15) is 0 Å². The summed E-state index contributed by atoms with van der Waals surface area (Å²) >= 11 is 0. The lowest BCUT2D eigenvalue weighted by atomic mass is 10.0. The molecular weight excluding hydrogens is 300 g/mol. The van der Waals surface area contributed by atoms with Crippen molar-refractivity contribution in [2.75, 3.05) is 46.8 Å². The van der Waals surface area contributed by atoms with Crippen LogP contribution in [0.25, 0.3) is 0 Å². The first-order valence-corrected chi connectivity index (χ1v) is 7.97. The van der Waals surface area contributed by atoms with Crippen LogP contribution in [0.15, 0.2) is 30.3 Å². The first-order valence-electron chi connectivity index (χ1n) is 7.97. The molecule has 1 aromatic rings. The Balaban J connectivity index is 1.94. The van der Waals surface area contributed by atoms with Gasteiger partial charge in [0.25, 0.3) is 6.43 Å². The number of amides is 1. The summed E-state index contributed by atoms with van der Waals surface area (Å²) in [5.41, 5.74) is 1.12. The highest BCUT2D eigenvalue weighted by Crippen LogP contribution is 2.12. The van der Waals surface area contributed by atoms with Crippen molar-refractivity contribution in [1.82, 2.24) is 14.7 Å². The lowest BCUT2D eigenvalue weighted by Gasteiger charge is -2.37. The van der Waals surface area contributed by atoms with Crippen molar-refractivity contribution in [2.24, 2.45) is 0 Å². The molecule has 4 nitrogen and oxygen atoms in total. The molecule has 1 aliphatic rings. The monoisotopic (exact) mass is 325 g/mol. The van der Waals surface area contributed by atoms with Gasteiger partial charge < -0.3 is 4.90 Å². The molecule has 0 spiro atoms. The summed E-state index contributed by atoms with van der Waals surface area (Å²) < 4.78 is 24.8. The summed E-state index contributed by atoms with van der Waals surface area (Å²) in [4.78, 5) is 18.2. The second-order valence-electron chi connectivity index (χ2n) is 6.19. The third-order valence-electron chi connectivity index (χ3n) is 4.26. The maximum absolute atomic E-state index is 12.8. The predicted octanol–water partition coefficient (Wildman–Crippen LogP) is 1.57. The van der Waals surface area contributed by atoms with E-state index in [1.807, 2.05) is 49.3 Å². The molecule has 2 rings (SSSR count).